The first kappa shape index (κ1) is 20.8. The van der Waals surface area contributed by atoms with Gasteiger partial charge in [-0.1, -0.05) is 42.5 Å². The highest BCUT2D eigenvalue weighted by molar-refractivity contribution is 6.06. The van der Waals surface area contributed by atoms with E-state index in [1.807, 2.05) is 74.5 Å². The van der Waals surface area contributed by atoms with Crippen LogP contribution in [-0.2, 0) is 11.3 Å². The molecule has 6 nitrogen and oxygen atoms in total. The van der Waals surface area contributed by atoms with Gasteiger partial charge < -0.3 is 18.8 Å². The monoisotopic (exact) mass is 441 g/mol. The number of nitrogens with zero attached hydrogens (tertiary/aromatic N) is 1. The van der Waals surface area contributed by atoms with Crippen LogP contribution in [0, 0.1) is 13.8 Å². The van der Waals surface area contributed by atoms with Gasteiger partial charge in [0, 0.05) is 23.5 Å². The van der Waals surface area contributed by atoms with Crippen LogP contribution in [-0.4, -0.2) is 29.7 Å². The van der Waals surface area contributed by atoms with E-state index in [2.05, 4.69) is 4.57 Å². The molecular formula is C27H23NO5. The maximum Gasteiger partial charge on any atom is 0.339 e. The molecular weight excluding hydrogens is 418 g/mol. The first-order chi connectivity index (χ1) is 16.0. The van der Waals surface area contributed by atoms with Crippen molar-refractivity contribution in [1.82, 2.24) is 4.57 Å². The SMILES string of the molecule is Cc1cc(C(=O)COC(=O)c2cccc3ccccc23)c(C)n1Cc1ccc2c(c1)OCO2. The van der Waals surface area contributed by atoms with Gasteiger partial charge in [0.15, 0.2) is 18.1 Å². The van der Waals surface area contributed by atoms with Gasteiger partial charge in [-0.2, -0.15) is 0 Å². The lowest BCUT2D eigenvalue weighted by atomic mass is 10.0. The molecule has 6 heteroatoms. The smallest absolute Gasteiger partial charge is 0.339 e. The van der Waals surface area contributed by atoms with Gasteiger partial charge in [-0.15, -0.1) is 0 Å². The lowest BCUT2D eigenvalue weighted by molar-refractivity contribution is 0.0476. The third-order valence-electron chi connectivity index (χ3n) is 6.00. The van der Waals surface area contributed by atoms with Gasteiger partial charge >= 0.3 is 5.97 Å². The normalized spacial score (nSPS) is 12.2. The average molecular weight is 441 g/mol. The Bertz CT molecular complexity index is 1380. The van der Waals surface area contributed by atoms with Crippen LogP contribution in [0.1, 0.15) is 37.7 Å². The largest absolute Gasteiger partial charge is 0.454 e. The van der Waals surface area contributed by atoms with Crippen molar-refractivity contribution in [2.24, 2.45) is 0 Å². The summed E-state index contributed by atoms with van der Waals surface area (Å²) in [6, 6.07) is 20.7. The minimum atomic E-state index is -0.505. The van der Waals surface area contributed by atoms with Gasteiger partial charge in [0.25, 0.3) is 0 Å². The number of fused-ring (bicyclic) bond motifs is 2. The predicted octanol–water partition coefficient (Wildman–Crippen LogP) is 5.07. The molecule has 0 radical (unpaired) electrons. The van der Waals surface area contributed by atoms with Crippen molar-refractivity contribution in [2.45, 2.75) is 20.4 Å². The molecule has 0 spiro atoms. The van der Waals surface area contributed by atoms with Crippen LogP contribution in [0.2, 0.25) is 0 Å². The zero-order valence-electron chi connectivity index (χ0n) is 18.5. The Morgan fingerprint density at radius 2 is 1.70 bits per heavy atom. The number of hydrogen-bond acceptors (Lipinski definition) is 5. The molecule has 1 aromatic heterocycles. The van der Waals surface area contributed by atoms with Gasteiger partial charge in [-0.25, -0.2) is 4.79 Å². The van der Waals surface area contributed by atoms with E-state index in [0.29, 0.717) is 17.7 Å². The van der Waals surface area contributed by atoms with Crippen LogP contribution in [0.5, 0.6) is 11.5 Å². The van der Waals surface area contributed by atoms with Crippen LogP contribution in [0.25, 0.3) is 10.8 Å². The minimum absolute atomic E-state index is 0.228. The van der Waals surface area contributed by atoms with Gasteiger partial charge in [0.2, 0.25) is 12.6 Å². The average Bonchev–Trinajstić information content (AvgIpc) is 3.41. The highest BCUT2D eigenvalue weighted by Crippen LogP contribution is 2.33. The quantitative estimate of drug-likeness (QED) is 0.309. The van der Waals surface area contributed by atoms with Crippen molar-refractivity contribution >= 4 is 22.5 Å². The third-order valence-corrected chi connectivity index (χ3v) is 6.00. The van der Waals surface area contributed by atoms with E-state index in [-0.39, 0.29) is 19.2 Å². The van der Waals surface area contributed by atoms with Crippen molar-refractivity contribution in [1.29, 1.82) is 0 Å². The predicted molar refractivity (Wildman–Crippen MR) is 124 cm³/mol. The maximum absolute atomic E-state index is 12.9. The fourth-order valence-electron chi connectivity index (χ4n) is 4.24. The Hall–Kier alpha value is -4.06. The Balaban J connectivity index is 1.30. The van der Waals surface area contributed by atoms with Crippen LogP contribution in [0.4, 0.5) is 0 Å². The summed E-state index contributed by atoms with van der Waals surface area (Å²) in [5.74, 6) is 0.734. The summed E-state index contributed by atoms with van der Waals surface area (Å²) in [6.07, 6.45) is 0. The van der Waals surface area contributed by atoms with Gasteiger partial charge in [0.1, 0.15) is 0 Å². The van der Waals surface area contributed by atoms with E-state index in [1.165, 1.54) is 0 Å². The second kappa shape index (κ2) is 8.47. The standard InChI is InChI=1S/C27H23NO5/c1-17-12-23(18(2)28(17)14-19-10-11-25-26(13-19)33-16-32-25)24(29)15-31-27(30)22-9-5-7-20-6-3-4-8-21(20)22/h3-13H,14-16H2,1-2H3. The van der Waals surface area contributed by atoms with E-state index >= 15 is 0 Å². The number of hydrogen-bond donors (Lipinski definition) is 0. The minimum Gasteiger partial charge on any atom is -0.454 e. The molecule has 0 N–H and O–H groups in total. The molecule has 0 atom stereocenters. The molecule has 0 amide bonds. The molecule has 0 bridgehead atoms. The van der Waals surface area contributed by atoms with Crippen molar-refractivity contribution in [2.75, 3.05) is 13.4 Å². The van der Waals surface area contributed by atoms with Crippen LogP contribution < -0.4 is 9.47 Å². The molecule has 2 heterocycles. The number of rotatable bonds is 6. The summed E-state index contributed by atoms with van der Waals surface area (Å²) >= 11 is 0. The van der Waals surface area contributed by atoms with E-state index in [0.717, 1.165) is 39.2 Å². The first-order valence-corrected chi connectivity index (χ1v) is 10.7. The number of benzene rings is 3. The number of Topliss-reactive ketones (excluding diaryl/α,β-unsaturated/α-hetero) is 1. The number of aryl methyl sites for hydroxylation is 1. The fraction of sp³-hybridized carbons (Fsp3) is 0.185. The number of aromatic nitrogens is 1. The Morgan fingerprint density at radius 1 is 0.909 bits per heavy atom. The molecule has 3 aromatic carbocycles. The molecule has 33 heavy (non-hydrogen) atoms. The molecule has 0 saturated carbocycles. The Kier molecular flexibility index (Phi) is 5.34. The van der Waals surface area contributed by atoms with Crippen LogP contribution in [0.3, 0.4) is 0 Å². The van der Waals surface area contributed by atoms with Crippen LogP contribution >= 0.6 is 0 Å². The number of ether oxygens (including phenoxy) is 3. The highest BCUT2D eigenvalue weighted by Gasteiger charge is 2.20. The van der Waals surface area contributed by atoms with E-state index in [1.54, 1.807) is 6.07 Å². The summed E-state index contributed by atoms with van der Waals surface area (Å²) < 4.78 is 18.3. The number of ketones is 1. The summed E-state index contributed by atoms with van der Waals surface area (Å²) in [6.45, 7) is 4.38. The molecule has 166 valence electrons. The van der Waals surface area contributed by atoms with Crippen molar-refractivity contribution in [3.63, 3.8) is 0 Å². The zero-order chi connectivity index (χ0) is 22.9. The second-order valence-corrected chi connectivity index (χ2v) is 8.08. The Labute approximate surface area is 191 Å². The maximum atomic E-state index is 12.9. The van der Waals surface area contributed by atoms with Crippen molar-refractivity contribution in [3.8, 4) is 11.5 Å². The first-order valence-electron chi connectivity index (χ1n) is 10.7. The number of carbonyl (C=O) groups excluding carboxylic acids is 2. The number of esters is 1. The fourth-order valence-corrected chi connectivity index (χ4v) is 4.24. The molecule has 0 fully saturated rings. The molecule has 4 aromatic rings. The van der Waals surface area contributed by atoms with Gasteiger partial charge in [-0.05, 0) is 54.4 Å². The topological polar surface area (TPSA) is 66.8 Å². The van der Waals surface area contributed by atoms with Crippen molar-refractivity contribution < 1.29 is 23.8 Å². The lowest BCUT2D eigenvalue weighted by Crippen LogP contribution is -2.15. The Morgan fingerprint density at radius 3 is 2.58 bits per heavy atom. The molecule has 1 aliphatic heterocycles. The summed E-state index contributed by atoms with van der Waals surface area (Å²) in [4.78, 5) is 25.6. The molecule has 1 aliphatic rings. The summed E-state index contributed by atoms with van der Waals surface area (Å²) in [5, 5.41) is 1.75. The molecule has 5 rings (SSSR count). The second-order valence-electron chi connectivity index (χ2n) is 8.08. The zero-order valence-corrected chi connectivity index (χ0v) is 18.5. The van der Waals surface area contributed by atoms with Gasteiger partial charge in [0.05, 0.1) is 5.56 Å². The molecule has 0 saturated heterocycles. The lowest BCUT2D eigenvalue weighted by Gasteiger charge is -2.11. The molecule has 0 aliphatic carbocycles. The van der Waals surface area contributed by atoms with Crippen molar-refractivity contribution in [3.05, 3.63) is 94.8 Å². The molecule has 0 unspecified atom stereocenters. The number of carbonyl (C=O) groups is 2. The van der Waals surface area contributed by atoms with Crippen LogP contribution in [0.15, 0.2) is 66.7 Å². The third kappa shape index (κ3) is 3.96. The summed E-state index contributed by atoms with van der Waals surface area (Å²) in [5.41, 5.74) is 3.83. The van der Waals surface area contributed by atoms with Gasteiger partial charge in [-0.3, -0.25) is 4.79 Å². The highest BCUT2D eigenvalue weighted by atomic mass is 16.7. The van der Waals surface area contributed by atoms with E-state index in [4.69, 9.17) is 14.2 Å². The van der Waals surface area contributed by atoms with E-state index in [9.17, 15) is 9.59 Å². The van der Waals surface area contributed by atoms with E-state index < -0.39 is 5.97 Å². The summed E-state index contributed by atoms with van der Waals surface area (Å²) in [7, 11) is 0.